The van der Waals surface area contributed by atoms with Crippen LogP contribution in [0.15, 0.2) is 71.6 Å². The van der Waals surface area contributed by atoms with Gasteiger partial charge in [-0.15, -0.1) is 0 Å². The zero-order valence-corrected chi connectivity index (χ0v) is 19.9. The zero-order valence-electron chi connectivity index (χ0n) is 19.1. The average Bonchev–Trinajstić information content (AvgIpc) is 2.82. The first kappa shape index (κ1) is 24.9. The Kier molecular flexibility index (Phi) is 7.64. The number of nitrogens with one attached hydrogen (secondary N) is 2. The molecule has 0 aliphatic heterocycles. The highest BCUT2D eigenvalue weighted by atomic mass is 32.2. The lowest BCUT2D eigenvalue weighted by molar-refractivity contribution is -0.132. The van der Waals surface area contributed by atoms with Crippen LogP contribution in [-0.4, -0.2) is 69.6 Å². The van der Waals surface area contributed by atoms with E-state index in [0.29, 0.717) is 5.69 Å². The molecule has 0 bridgehead atoms. The van der Waals surface area contributed by atoms with Crippen LogP contribution in [0.4, 0.5) is 5.69 Å². The maximum absolute atomic E-state index is 12.5. The van der Waals surface area contributed by atoms with Crippen molar-refractivity contribution in [1.29, 1.82) is 0 Å². The summed E-state index contributed by atoms with van der Waals surface area (Å²) in [5.41, 5.74) is 0.747. The number of likely N-dealkylation sites (N-methyl/N-ethyl adjacent to an activating group) is 1. The third kappa shape index (κ3) is 5.77. The van der Waals surface area contributed by atoms with Crippen LogP contribution in [0.3, 0.4) is 0 Å². The van der Waals surface area contributed by atoms with Crippen molar-refractivity contribution in [2.45, 2.75) is 4.90 Å². The van der Waals surface area contributed by atoms with Crippen LogP contribution in [0.2, 0.25) is 0 Å². The molecule has 0 aliphatic rings. The number of anilines is 1. The molecular weight excluding hydrogens is 456 g/mol. The summed E-state index contributed by atoms with van der Waals surface area (Å²) in [5, 5.41) is 7.14. The summed E-state index contributed by atoms with van der Waals surface area (Å²) in [5.74, 6) is -1.45. The molecule has 0 saturated carbocycles. The van der Waals surface area contributed by atoms with Crippen LogP contribution in [0.5, 0.6) is 0 Å². The summed E-state index contributed by atoms with van der Waals surface area (Å²) < 4.78 is 25.6. The van der Waals surface area contributed by atoms with Crippen LogP contribution in [0.1, 0.15) is 10.4 Å². The Bertz CT molecular complexity index is 1330. The number of fused-ring (bicyclic) bond motifs is 1. The lowest BCUT2D eigenvalue weighted by atomic mass is 10.1. The van der Waals surface area contributed by atoms with Gasteiger partial charge in [-0.2, -0.15) is 0 Å². The van der Waals surface area contributed by atoms with Gasteiger partial charge in [-0.05, 0) is 29.7 Å². The largest absolute Gasteiger partial charge is 0.343 e. The minimum absolute atomic E-state index is 0.0290. The number of hydrogen-bond acceptors (Lipinski definition) is 5. The third-order valence-electron chi connectivity index (χ3n) is 5.15. The van der Waals surface area contributed by atoms with Crippen molar-refractivity contribution in [1.82, 2.24) is 14.5 Å². The highest BCUT2D eigenvalue weighted by Gasteiger charge is 2.20. The molecule has 0 heterocycles. The van der Waals surface area contributed by atoms with Gasteiger partial charge in [0.15, 0.2) is 0 Å². The van der Waals surface area contributed by atoms with E-state index >= 15 is 0 Å². The molecule has 3 aromatic rings. The Morgan fingerprint density at radius 1 is 0.882 bits per heavy atom. The number of sulfonamides is 1. The molecule has 0 spiro atoms. The minimum Gasteiger partial charge on any atom is -0.343 e. The predicted molar refractivity (Wildman–Crippen MR) is 130 cm³/mol. The summed E-state index contributed by atoms with van der Waals surface area (Å²) in [6, 6.07) is 18.7. The minimum atomic E-state index is -3.70. The molecule has 0 atom stereocenters. The molecule has 34 heavy (non-hydrogen) atoms. The van der Waals surface area contributed by atoms with Crippen LogP contribution in [-0.2, 0) is 19.6 Å². The number of carbonyl (C=O) groups excluding carboxylic acids is 3. The Labute approximate surface area is 198 Å². The lowest BCUT2D eigenvalue weighted by Gasteiger charge is -2.18. The van der Waals surface area contributed by atoms with Gasteiger partial charge in [0, 0.05) is 37.8 Å². The van der Waals surface area contributed by atoms with Crippen LogP contribution >= 0.6 is 0 Å². The fourth-order valence-electron chi connectivity index (χ4n) is 3.23. The van der Waals surface area contributed by atoms with E-state index < -0.39 is 21.8 Å². The average molecular weight is 483 g/mol. The van der Waals surface area contributed by atoms with E-state index in [0.717, 1.165) is 15.1 Å². The van der Waals surface area contributed by atoms with E-state index in [1.807, 2.05) is 36.4 Å². The molecular formula is C24H26N4O5S. The summed E-state index contributed by atoms with van der Waals surface area (Å²) in [6.07, 6.45) is 0. The van der Waals surface area contributed by atoms with Gasteiger partial charge in [-0.3, -0.25) is 14.4 Å². The molecule has 3 aromatic carbocycles. The van der Waals surface area contributed by atoms with Crippen molar-refractivity contribution in [3.63, 3.8) is 0 Å². The second kappa shape index (κ2) is 10.4. The van der Waals surface area contributed by atoms with E-state index in [1.165, 1.54) is 50.3 Å². The molecule has 0 unspecified atom stereocenters. The maximum Gasteiger partial charge on any atom is 0.251 e. The Hall–Kier alpha value is -3.76. The molecule has 178 valence electrons. The van der Waals surface area contributed by atoms with Crippen LogP contribution in [0.25, 0.3) is 10.8 Å². The quantitative estimate of drug-likeness (QED) is 0.509. The number of amides is 3. The van der Waals surface area contributed by atoms with E-state index in [9.17, 15) is 22.8 Å². The third-order valence-corrected chi connectivity index (χ3v) is 6.96. The van der Waals surface area contributed by atoms with Crippen molar-refractivity contribution in [3.8, 4) is 0 Å². The van der Waals surface area contributed by atoms with Gasteiger partial charge < -0.3 is 15.5 Å². The molecule has 0 fully saturated rings. The van der Waals surface area contributed by atoms with Gasteiger partial charge in [0.05, 0.1) is 18.0 Å². The molecule has 0 aliphatic carbocycles. The van der Waals surface area contributed by atoms with Crippen molar-refractivity contribution >= 4 is 44.2 Å². The summed E-state index contributed by atoms with van der Waals surface area (Å²) in [6.45, 7) is -0.546. The first-order chi connectivity index (χ1) is 16.1. The number of benzene rings is 3. The molecule has 0 radical (unpaired) electrons. The second-order valence-corrected chi connectivity index (χ2v) is 9.97. The maximum atomic E-state index is 12.5. The number of hydrogen-bond donors (Lipinski definition) is 2. The van der Waals surface area contributed by atoms with Gasteiger partial charge in [-0.25, -0.2) is 12.7 Å². The fraction of sp³-hybridized carbons (Fsp3) is 0.208. The normalized spacial score (nSPS) is 11.3. The predicted octanol–water partition coefficient (Wildman–Crippen LogP) is 1.92. The highest BCUT2D eigenvalue weighted by molar-refractivity contribution is 7.89. The van der Waals surface area contributed by atoms with Crippen LogP contribution < -0.4 is 10.6 Å². The van der Waals surface area contributed by atoms with Crippen molar-refractivity contribution in [2.24, 2.45) is 0 Å². The molecule has 0 saturated heterocycles. The Balaban J connectivity index is 1.57. The van der Waals surface area contributed by atoms with Gasteiger partial charge in [0.2, 0.25) is 21.8 Å². The summed E-state index contributed by atoms with van der Waals surface area (Å²) in [7, 11) is 0.554. The smallest absolute Gasteiger partial charge is 0.251 e. The standard InChI is InChI=1S/C24H26N4O5S/c1-27(2)34(32,33)19-11-6-10-18(14-19)24(31)25-15-23(30)28(3)16-22(29)26-21-13-7-9-17-8-4-5-12-20(17)21/h4-14H,15-16H2,1-3H3,(H,25,31)(H,26,29). The zero-order chi connectivity index (χ0) is 24.9. The molecule has 3 amide bonds. The summed E-state index contributed by atoms with van der Waals surface area (Å²) >= 11 is 0. The number of carbonyl (C=O) groups is 3. The lowest BCUT2D eigenvalue weighted by Crippen LogP contribution is -2.41. The van der Waals surface area contributed by atoms with E-state index in [2.05, 4.69) is 10.6 Å². The van der Waals surface area contributed by atoms with Gasteiger partial charge >= 0.3 is 0 Å². The topological polar surface area (TPSA) is 116 Å². The fourth-order valence-corrected chi connectivity index (χ4v) is 4.18. The monoisotopic (exact) mass is 482 g/mol. The van der Waals surface area contributed by atoms with Crippen molar-refractivity contribution in [2.75, 3.05) is 39.5 Å². The van der Waals surface area contributed by atoms with E-state index in [-0.39, 0.29) is 29.5 Å². The second-order valence-electron chi connectivity index (χ2n) is 7.82. The molecule has 10 heteroatoms. The van der Waals surface area contributed by atoms with Gasteiger partial charge in [0.1, 0.15) is 0 Å². The van der Waals surface area contributed by atoms with Crippen molar-refractivity contribution < 1.29 is 22.8 Å². The van der Waals surface area contributed by atoms with Gasteiger partial charge in [0.25, 0.3) is 5.91 Å². The van der Waals surface area contributed by atoms with Crippen LogP contribution in [0, 0.1) is 0 Å². The molecule has 9 nitrogen and oxygen atoms in total. The molecule has 0 aromatic heterocycles. The van der Waals surface area contributed by atoms with E-state index in [4.69, 9.17) is 0 Å². The highest BCUT2D eigenvalue weighted by Crippen LogP contribution is 2.22. The summed E-state index contributed by atoms with van der Waals surface area (Å²) in [4.78, 5) is 38.5. The number of rotatable bonds is 8. The van der Waals surface area contributed by atoms with Gasteiger partial charge in [-0.1, -0.05) is 42.5 Å². The number of nitrogens with zero attached hydrogens (tertiary/aromatic N) is 2. The first-order valence-corrected chi connectivity index (χ1v) is 11.9. The molecule has 3 rings (SSSR count). The Morgan fingerprint density at radius 2 is 1.56 bits per heavy atom. The first-order valence-electron chi connectivity index (χ1n) is 10.4. The SMILES string of the molecule is CN(CC(=O)Nc1cccc2ccccc12)C(=O)CNC(=O)c1cccc(S(=O)(=O)N(C)C)c1. The Morgan fingerprint density at radius 3 is 2.29 bits per heavy atom. The van der Waals surface area contributed by atoms with E-state index in [1.54, 1.807) is 6.07 Å². The molecule has 2 N–H and O–H groups in total. The van der Waals surface area contributed by atoms with Crippen molar-refractivity contribution in [3.05, 3.63) is 72.3 Å².